The maximum absolute atomic E-state index is 13.7. The molecule has 0 saturated carbocycles. The van der Waals surface area contributed by atoms with E-state index in [4.69, 9.17) is 9.47 Å². The molecule has 9 nitrogen and oxygen atoms in total. The number of amides is 3. The minimum Gasteiger partial charge on any atom is -0.493 e. The second kappa shape index (κ2) is 18.4. The van der Waals surface area contributed by atoms with Gasteiger partial charge in [-0.15, -0.1) is 23.1 Å². The van der Waals surface area contributed by atoms with Gasteiger partial charge in [-0.1, -0.05) is 72.8 Å². The Morgan fingerprint density at radius 3 is 2.35 bits per heavy atom. The lowest BCUT2D eigenvalue weighted by molar-refractivity contribution is -0.114. The number of ether oxygens (including phenoxy) is 2. The van der Waals surface area contributed by atoms with Crippen LogP contribution >= 0.6 is 23.1 Å². The highest BCUT2D eigenvalue weighted by atomic mass is 32.2. The van der Waals surface area contributed by atoms with Crippen LogP contribution in [0.25, 0.3) is 6.08 Å². The molecule has 0 fully saturated rings. The summed E-state index contributed by atoms with van der Waals surface area (Å²) in [5.74, 6) is -0.667. The average Bonchev–Trinajstić information content (AvgIpc) is 3.55. The molecule has 11 heteroatoms. The lowest BCUT2D eigenvalue weighted by Crippen LogP contribution is -2.30. The Morgan fingerprint density at radius 1 is 0.852 bits per heavy atom. The van der Waals surface area contributed by atoms with Gasteiger partial charge in [-0.3, -0.25) is 14.4 Å². The number of carbonyl (C=O) groups is 4. The molecule has 1 unspecified atom stereocenters. The van der Waals surface area contributed by atoms with Gasteiger partial charge in [0.15, 0.2) is 0 Å². The fraction of sp³-hybridized carbons (Fsp3) is 0.209. The zero-order chi connectivity index (χ0) is 37.9. The summed E-state index contributed by atoms with van der Waals surface area (Å²) in [7, 11) is 0. The molecule has 1 heterocycles. The smallest absolute Gasteiger partial charge is 0.341 e. The van der Waals surface area contributed by atoms with Gasteiger partial charge in [-0.05, 0) is 92.6 Å². The van der Waals surface area contributed by atoms with Crippen molar-refractivity contribution in [3.05, 3.63) is 148 Å². The van der Waals surface area contributed by atoms with Gasteiger partial charge in [0.05, 0.1) is 24.5 Å². The van der Waals surface area contributed by atoms with E-state index in [1.165, 1.54) is 28.7 Å². The standard InChI is InChI=1S/C43H41N3O6S2/c1-3-51-36-21-12-11-18-31(36)24-35(45-40(48)29-16-9-6-10-17-29)41(49)44-32-19-13-20-33(26-32)53-27-38(47)46-42-39(43(50)52-4-2)34-23-22-30(25-37(34)54-42)28-14-7-5-8-15-28/h5-21,24,26,30H,3-4,22-23,25,27H2,1-2H3,(H,44,49)(H,45,48)(H,46,47)/b35-24+. The van der Waals surface area contributed by atoms with E-state index in [2.05, 4.69) is 28.1 Å². The maximum Gasteiger partial charge on any atom is 0.341 e. The molecule has 1 atom stereocenters. The number of thiophene rings is 1. The van der Waals surface area contributed by atoms with Crippen LogP contribution in [0.3, 0.4) is 0 Å². The SMILES string of the molecule is CCOC(=O)c1c(NC(=O)CSc2cccc(NC(=O)/C(=C\c3ccccc3OCC)NC(=O)c3ccccc3)c2)sc2c1CCC(c1ccccc1)C2. The second-order valence-electron chi connectivity index (χ2n) is 12.4. The van der Waals surface area contributed by atoms with Crippen molar-refractivity contribution >= 4 is 63.6 Å². The van der Waals surface area contributed by atoms with E-state index in [1.54, 1.807) is 67.6 Å². The molecule has 0 radical (unpaired) electrons. The number of hydrogen-bond donors (Lipinski definition) is 3. The van der Waals surface area contributed by atoms with Crippen LogP contribution in [0.4, 0.5) is 10.7 Å². The lowest BCUT2D eigenvalue weighted by Gasteiger charge is -2.23. The first kappa shape index (κ1) is 38.1. The first-order valence-corrected chi connectivity index (χ1v) is 19.6. The van der Waals surface area contributed by atoms with Gasteiger partial charge in [0.1, 0.15) is 16.4 Å². The first-order valence-electron chi connectivity index (χ1n) is 17.8. The van der Waals surface area contributed by atoms with Gasteiger partial charge in [0, 0.05) is 26.6 Å². The molecule has 0 saturated heterocycles. The second-order valence-corrected chi connectivity index (χ2v) is 14.6. The van der Waals surface area contributed by atoms with Crippen LogP contribution in [0.1, 0.15) is 68.5 Å². The van der Waals surface area contributed by atoms with Gasteiger partial charge in [-0.2, -0.15) is 0 Å². The summed E-state index contributed by atoms with van der Waals surface area (Å²) in [6.07, 6.45) is 4.02. The van der Waals surface area contributed by atoms with Crippen molar-refractivity contribution in [1.29, 1.82) is 0 Å². The van der Waals surface area contributed by atoms with Gasteiger partial charge < -0.3 is 25.4 Å². The monoisotopic (exact) mass is 759 g/mol. The fourth-order valence-corrected chi connectivity index (χ4v) is 8.35. The Balaban J connectivity index is 1.14. The first-order chi connectivity index (χ1) is 26.3. The van der Waals surface area contributed by atoms with E-state index >= 15 is 0 Å². The van der Waals surface area contributed by atoms with E-state index < -0.39 is 17.8 Å². The molecule has 276 valence electrons. The zero-order valence-electron chi connectivity index (χ0n) is 30.1. The highest BCUT2D eigenvalue weighted by molar-refractivity contribution is 8.00. The Labute approximate surface area is 323 Å². The zero-order valence-corrected chi connectivity index (χ0v) is 31.7. The van der Waals surface area contributed by atoms with Crippen molar-refractivity contribution in [2.45, 2.75) is 43.9 Å². The van der Waals surface area contributed by atoms with Gasteiger partial charge in [-0.25, -0.2) is 4.79 Å². The fourth-order valence-electron chi connectivity index (χ4n) is 6.26. The molecule has 6 rings (SSSR count). The van der Waals surface area contributed by atoms with Gasteiger partial charge in [0.25, 0.3) is 11.8 Å². The molecule has 4 aromatic carbocycles. The third-order valence-corrected chi connectivity index (χ3v) is 10.9. The van der Waals surface area contributed by atoms with Crippen molar-refractivity contribution < 1.29 is 28.7 Å². The molecular formula is C43H41N3O6S2. The summed E-state index contributed by atoms with van der Waals surface area (Å²) >= 11 is 2.75. The normalized spacial score (nSPS) is 13.7. The number of benzene rings is 4. The van der Waals surface area contributed by atoms with Crippen LogP contribution in [0, 0.1) is 0 Å². The van der Waals surface area contributed by atoms with Crippen molar-refractivity contribution in [3.8, 4) is 5.75 Å². The number of hydrogen-bond acceptors (Lipinski definition) is 8. The number of anilines is 2. The van der Waals surface area contributed by atoms with Crippen molar-refractivity contribution in [3.63, 3.8) is 0 Å². The minimum absolute atomic E-state index is 0.0274. The molecular weight excluding hydrogens is 719 g/mol. The predicted octanol–water partition coefficient (Wildman–Crippen LogP) is 8.74. The third-order valence-electron chi connectivity index (χ3n) is 8.78. The lowest BCUT2D eigenvalue weighted by atomic mass is 9.83. The third kappa shape index (κ3) is 9.66. The van der Waals surface area contributed by atoms with Crippen LogP contribution in [0.15, 0.2) is 120 Å². The Hall–Kier alpha value is -5.65. The molecule has 1 aliphatic carbocycles. The van der Waals surface area contributed by atoms with E-state index in [9.17, 15) is 19.2 Å². The van der Waals surface area contributed by atoms with Crippen molar-refractivity contribution in [1.82, 2.24) is 5.32 Å². The Bertz CT molecular complexity index is 2150. The quantitative estimate of drug-likeness (QED) is 0.0588. The van der Waals surface area contributed by atoms with Gasteiger partial charge >= 0.3 is 5.97 Å². The number of para-hydroxylation sites is 1. The molecule has 54 heavy (non-hydrogen) atoms. The van der Waals surface area contributed by atoms with E-state index in [-0.39, 0.29) is 24.0 Å². The van der Waals surface area contributed by atoms with Crippen LogP contribution in [-0.2, 0) is 27.2 Å². The molecule has 1 aliphatic rings. The predicted molar refractivity (Wildman–Crippen MR) is 215 cm³/mol. The Morgan fingerprint density at radius 2 is 1.59 bits per heavy atom. The number of thioether (sulfide) groups is 1. The number of fused-ring (bicyclic) bond motifs is 1. The van der Waals surface area contributed by atoms with Crippen LogP contribution in [0.2, 0.25) is 0 Å². The highest BCUT2D eigenvalue weighted by Crippen LogP contribution is 2.43. The number of esters is 1. The topological polar surface area (TPSA) is 123 Å². The average molecular weight is 760 g/mol. The summed E-state index contributed by atoms with van der Waals surface area (Å²) in [4.78, 5) is 55.1. The van der Waals surface area contributed by atoms with Crippen LogP contribution < -0.4 is 20.7 Å². The summed E-state index contributed by atoms with van der Waals surface area (Å²) in [5.41, 5.74) is 4.23. The number of carbonyl (C=O) groups excluding carboxylic acids is 4. The molecule has 5 aromatic rings. The van der Waals surface area contributed by atoms with E-state index in [0.717, 1.165) is 34.6 Å². The molecule has 0 aliphatic heterocycles. The summed E-state index contributed by atoms with van der Waals surface area (Å²) in [5, 5.41) is 9.16. The molecule has 0 spiro atoms. The maximum atomic E-state index is 13.7. The van der Waals surface area contributed by atoms with Crippen molar-refractivity contribution in [2.24, 2.45) is 0 Å². The minimum atomic E-state index is -0.534. The number of nitrogens with one attached hydrogen (secondary N) is 3. The molecule has 1 aromatic heterocycles. The molecule has 3 amide bonds. The summed E-state index contributed by atoms with van der Waals surface area (Å²) in [6.45, 7) is 4.31. The Kier molecular flexibility index (Phi) is 13.0. The molecule has 0 bridgehead atoms. The molecule has 3 N–H and O–H groups in total. The highest BCUT2D eigenvalue weighted by Gasteiger charge is 2.31. The van der Waals surface area contributed by atoms with Crippen molar-refractivity contribution in [2.75, 3.05) is 29.6 Å². The van der Waals surface area contributed by atoms with Crippen LogP contribution in [-0.4, -0.2) is 42.7 Å². The summed E-state index contributed by atoms with van der Waals surface area (Å²) < 4.78 is 11.2. The van der Waals surface area contributed by atoms with E-state index in [1.807, 2.05) is 49.4 Å². The largest absolute Gasteiger partial charge is 0.493 e. The van der Waals surface area contributed by atoms with Crippen LogP contribution in [0.5, 0.6) is 5.75 Å². The van der Waals surface area contributed by atoms with E-state index in [0.29, 0.717) is 45.7 Å². The number of rotatable bonds is 14. The van der Waals surface area contributed by atoms with Gasteiger partial charge in [0.2, 0.25) is 5.91 Å². The summed E-state index contributed by atoms with van der Waals surface area (Å²) in [6, 6.07) is 33.4.